The molecular weight excluding hydrogens is 404 g/mol. The van der Waals surface area contributed by atoms with Gasteiger partial charge < -0.3 is 15.6 Å². The van der Waals surface area contributed by atoms with Gasteiger partial charge in [0.15, 0.2) is 18.9 Å². The molecule has 0 saturated carbocycles. The van der Waals surface area contributed by atoms with Crippen LogP contribution >= 0.6 is 0 Å². The summed E-state index contributed by atoms with van der Waals surface area (Å²) in [5.41, 5.74) is 7.53. The van der Waals surface area contributed by atoms with Gasteiger partial charge in [-0.05, 0) is 34.0 Å². The molecule has 0 amide bonds. The molecule has 1 heterocycles. The van der Waals surface area contributed by atoms with Gasteiger partial charge in [0.25, 0.3) is 0 Å². The number of rotatable bonds is 8. The van der Waals surface area contributed by atoms with Crippen LogP contribution in [0.3, 0.4) is 0 Å². The van der Waals surface area contributed by atoms with E-state index in [-0.39, 0.29) is 19.4 Å². The van der Waals surface area contributed by atoms with Crippen LogP contribution < -0.4 is 10.3 Å². The minimum atomic E-state index is -1.12. The number of aromatic nitrogens is 1. The SMILES string of the molecule is N[C@@H](CCC(=O)OCc1cc[n+](Cc2c3ccccc3cc3ccccc23)cc1)C(=O)O. The van der Waals surface area contributed by atoms with Crippen molar-refractivity contribution in [3.63, 3.8) is 0 Å². The number of nitrogens with zero attached hydrogens (tertiary/aromatic N) is 1. The molecule has 0 aliphatic carbocycles. The zero-order chi connectivity index (χ0) is 22.5. The van der Waals surface area contributed by atoms with Gasteiger partial charge in [0.05, 0.1) is 0 Å². The molecule has 4 rings (SSSR count). The minimum Gasteiger partial charge on any atom is -0.480 e. The molecule has 3 aromatic carbocycles. The van der Waals surface area contributed by atoms with Crippen molar-refractivity contribution in [1.29, 1.82) is 0 Å². The Morgan fingerprint density at radius 2 is 1.53 bits per heavy atom. The average Bonchev–Trinajstić information content (AvgIpc) is 2.81. The Balaban J connectivity index is 1.46. The highest BCUT2D eigenvalue weighted by Crippen LogP contribution is 2.28. The van der Waals surface area contributed by atoms with E-state index in [0.717, 1.165) is 12.1 Å². The molecule has 0 spiro atoms. The van der Waals surface area contributed by atoms with E-state index in [2.05, 4.69) is 59.2 Å². The average molecular weight is 429 g/mol. The molecule has 0 aliphatic rings. The van der Waals surface area contributed by atoms with Gasteiger partial charge in [-0.1, -0.05) is 48.5 Å². The predicted molar refractivity (Wildman–Crippen MR) is 122 cm³/mol. The number of fused-ring (bicyclic) bond motifs is 2. The predicted octanol–water partition coefficient (Wildman–Crippen LogP) is 3.56. The van der Waals surface area contributed by atoms with E-state index < -0.39 is 18.0 Å². The summed E-state index contributed by atoms with van der Waals surface area (Å²) in [5.74, 6) is -1.58. The van der Waals surface area contributed by atoms with E-state index in [9.17, 15) is 9.59 Å². The summed E-state index contributed by atoms with van der Waals surface area (Å²) in [6.45, 7) is 0.855. The maximum Gasteiger partial charge on any atom is 0.320 e. The van der Waals surface area contributed by atoms with Crippen molar-refractivity contribution < 1.29 is 24.0 Å². The molecule has 6 nitrogen and oxygen atoms in total. The number of pyridine rings is 1. The summed E-state index contributed by atoms with van der Waals surface area (Å²) in [7, 11) is 0. The quantitative estimate of drug-likeness (QED) is 0.254. The van der Waals surface area contributed by atoms with Crippen LogP contribution in [0, 0.1) is 0 Å². The number of benzene rings is 3. The van der Waals surface area contributed by atoms with Gasteiger partial charge in [0.1, 0.15) is 12.6 Å². The van der Waals surface area contributed by atoms with Gasteiger partial charge in [0.2, 0.25) is 0 Å². The zero-order valence-corrected chi connectivity index (χ0v) is 17.6. The van der Waals surface area contributed by atoms with Crippen molar-refractivity contribution in [3.05, 3.63) is 90.3 Å². The van der Waals surface area contributed by atoms with Crippen LogP contribution in [0.1, 0.15) is 24.0 Å². The number of carbonyl (C=O) groups excluding carboxylic acids is 1. The number of esters is 1. The molecule has 1 atom stereocenters. The topological polar surface area (TPSA) is 93.5 Å². The first-order valence-electron chi connectivity index (χ1n) is 10.5. The Morgan fingerprint density at radius 3 is 2.12 bits per heavy atom. The number of nitrogens with two attached hydrogens (primary N) is 1. The van der Waals surface area contributed by atoms with Crippen LogP contribution in [0.2, 0.25) is 0 Å². The summed E-state index contributed by atoms with van der Waals surface area (Å²) >= 11 is 0. The second-order valence-electron chi connectivity index (χ2n) is 7.82. The Hall–Kier alpha value is -3.77. The van der Waals surface area contributed by atoms with Crippen molar-refractivity contribution in [3.8, 4) is 0 Å². The lowest BCUT2D eigenvalue weighted by atomic mass is 9.96. The van der Waals surface area contributed by atoms with Crippen molar-refractivity contribution in [2.45, 2.75) is 32.0 Å². The van der Waals surface area contributed by atoms with E-state index in [1.54, 1.807) is 0 Å². The van der Waals surface area contributed by atoms with Crippen LogP contribution in [0.5, 0.6) is 0 Å². The second kappa shape index (κ2) is 9.58. The maximum absolute atomic E-state index is 11.8. The number of hydrogen-bond acceptors (Lipinski definition) is 4. The standard InChI is InChI=1S/C26H24N2O4/c27-24(26(30)31)9-10-25(29)32-17-18-11-13-28(14-12-18)16-23-21-7-3-1-5-19(21)15-20-6-2-4-8-22(20)23/h1-8,11-15,24H,9-10,16-17,27H2/p+1/t24-/m0/s1. The normalized spacial score (nSPS) is 12.0. The molecule has 0 fully saturated rings. The first-order valence-corrected chi connectivity index (χ1v) is 10.5. The van der Waals surface area contributed by atoms with E-state index in [1.807, 2.05) is 24.5 Å². The molecule has 162 valence electrons. The van der Waals surface area contributed by atoms with E-state index >= 15 is 0 Å². The number of carboxylic acids is 1. The summed E-state index contributed by atoms with van der Waals surface area (Å²) in [6, 6.07) is 21.8. The molecule has 0 aliphatic heterocycles. The summed E-state index contributed by atoms with van der Waals surface area (Å²) in [5, 5.41) is 13.7. The molecule has 0 bridgehead atoms. The van der Waals surface area contributed by atoms with Crippen LogP contribution in [0.4, 0.5) is 0 Å². The first-order chi connectivity index (χ1) is 15.5. The first kappa shape index (κ1) is 21.5. The maximum atomic E-state index is 11.8. The van der Waals surface area contributed by atoms with Gasteiger partial charge >= 0.3 is 11.9 Å². The monoisotopic (exact) mass is 429 g/mol. The van der Waals surface area contributed by atoms with Crippen molar-refractivity contribution in [2.75, 3.05) is 0 Å². The number of aliphatic carboxylic acids is 1. The van der Waals surface area contributed by atoms with Gasteiger partial charge in [-0.25, -0.2) is 4.57 Å². The van der Waals surface area contributed by atoms with Gasteiger partial charge in [-0.15, -0.1) is 0 Å². The molecule has 0 saturated heterocycles. The van der Waals surface area contributed by atoms with Crippen LogP contribution in [-0.4, -0.2) is 23.1 Å². The van der Waals surface area contributed by atoms with Crippen LogP contribution in [-0.2, 0) is 27.5 Å². The Morgan fingerprint density at radius 1 is 0.938 bits per heavy atom. The lowest BCUT2D eigenvalue weighted by Crippen LogP contribution is -2.33. The third kappa shape index (κ3) is 4.92. The lowest BCUT2D eigenvalue weighted by molar-refractivity contribution is -0.688. The Kier molecular flexibility index (Phi) is 6.42. The fourth-order valence-electron chi connectivity index (χ4n) is 3.78. The van der Waals surface area contributed by atoms with E-state index in [0.29, 0.717) is 0 Å². The van der Waals surface area contributed by atoms with Gasteiger partial charge in [-0.3, -0.25) is 9.59 Å². The lowest BCUT2D eigenvalue weighted by Gasteiger charge is -2.10. The van der Waals surface area contributed by atoms with Gasteiger partial charge in [0, 0.05) is 29.7 Å². The largest absolute Gasteiger partial charge is 0.480 e. The Labute approximate surface area is 185 Å². The smallest absolute Gasteiger partial charge is 0.320 e. The highest BCUT2D eigenvalue weighted by atomic mass is 16.5. The van der Waals surface area contributed by atoms with Crippen molar-refractivity contribution in [1.82, 2.24) is 0 Å². The third-order valence-corrected chi connectivity index (χ3v) is 5.56. The fourth-order valence-corrected chi connectivity index (χ4v) is 3.78. The van der Waals surface area contributed by atoms with Crippen molar-refractivity contribution >= 4 is 33.5 Å². The molecule has 6 heteroatoms. The Bertz CT molecular complexity index is 1210. The third-order valence-electron chi connectivity index (χ3n) is 5.56. The van der Waals surface area contributed by atoms with E-state index in [4.69, 9.17) is 15.6 Å². The molecular formula is C26H25N2O4+. The number of ether oxygens (including phenoxy) is 1. The number of carboxylic acid groups (broad SMARTS) is 1. The molecule has 1 aromatic heterocycles. The van der Waals surface area contributed by atoms with E-state index in [1.165, 1.54) is 27.1 Å². The van der Waals surface area contributed by atoms with Crippen molar-refractivity contribution in [2.24, 2.45) is 5.73 Å². The van der Waals surface area contributed by atoms with Crippen LogP contribution in [0.15, 0.2) is 79.1 Å². The molecule has 32 heavy (non-hydrogen) atoms. The highest BCUT2D eigenvalue weighted by molar-refractivity contribution is 6.02. The fraction of sp³-hybridized carbons (Fsp3) is 0.192. The van der Waals surface area contributed by atoms with Gasteiger partial charge in [-0.2, -0.15) is 0 Å². The van der Waals surface area contributed by atoms with Crippen LogP contribution in [0.25, 0.3) is 21.5 Å². The summed E-state index contributed by atoms with van der Waals surface area (Å²) in [6.07, 6.45) is 3.98. The summed E-state index contributed by atoms with van der Waals surface area (Å²) < 4.78 is 7.34. The molecule has 0 unspecified atom stereocenters. The summed E-state index contributed by atoms with van der Waals surface area (Å²) in [4.78, 5) is 22.5. The zero-order valence-electron chi connectivity index (χ0n) is 17.6. The highest BCUT2D eigenvalue weighted by Gasteiger charge is 2.15. The number of carbonyl (C=O) groups is 2. The molecule has 0 radical (unpaired) electrons. The molecule has 3 N–H and O–H groups in total. The molecule has 4 aromatic rings. The second-order valence-corrected chi connectivity index (χ2v) is 7.82. The minimum absolute atomic E-state index is 0.0194. The number of hydrogen-bond donors (Lipinski definition) is 2.